The summed E-state index contributed by atoms with van der Waals surface area (Å²) < 4.78 is 82.2. The van der Waals surface area contributed by atoms with Gasteiger partial charge in [0.15, 0.2) is 12.4 Å². The van der Waals surface area contributed by atoms with Crippen molar-refractivity contribution in [2.24, 2.45) is 0 Å². The van der Waals surface area contributed by atoms with Gasteiger partial charge in [-0.25, -0.2) is 19.6 Å². The molecule has 0 spiro atoms. The van der Waals surface area contributed by atoms with Gasteiger partial charge in [0.2, 0.25) is 11.0 Å². The first-order valence-corrected chi connectivity index (χ1v) is 21.0. The Morgan fingerprint density at radius 1 is 0.636 bits per heavy atom. The molecule has 2 aliphatic carbocycles. The van der Waals surface area contributed by atoms with Crippen molar-refractivity contribution in [1.29, 1.82) is 0 Å². The molecule has 2 fully saturated rings. The molecule has 66 heavy (non-hydrogen) atoms. The molecule has 4 amide bonds. The molecule has 0 radical (unpaired) electrons. The number of anilines is 2. The highest BCUT2D eigenvalue weighted by molar-refractivity contribution is 5.90. The molecule has 6 aromatic rings. The summed E-state index contributed by atoms with van der Waals surface area (Å²) in [6, 6.07) is 15.7. The molecule has 0 unspecified atom stereocenters. The Morgan fingerprint density at radius 3 is 1.29 bits per heavy atom. The number of rotatable bonds is 3. The highest BCUT2D eigenvalue weighted by atomic mass is 19.4. The molecule has 2 saturated heterocycles. The highest BCUT2D eigenvalue weighted by Crippen LogP contribution is 2.48. The van der Waals surface area contributed by atoms with Gasteiger partial charge in [0.05, 0.1) is 30.1 Å². The number of carbonyl (C=O) groups excluding carboxylic acids is 3. The maximum atomic E-state index is 12.7. The second-order valence-electron chi connectivity index (χ2n) is 16.4. The van der Waals surface area contributed by atoms with Gasteiger partial charge in [-0.15, -0.1) is 0 Å². The first-order chi connectivity index (χ1) is 31.4. The van der Waals surface area contributed by atoms with Crippen molar-refractivity contribution in [2.75, 3.05) is 43.4 Å². The number of nitrogens with zero attached hydrogens (tertiary/aromatic N) is 6. The number of amides is 4. The largest absolute Gasteiger partial charge is 0.618 e. The molecule has 2 aliphatic heterocycles. The molecule has 344 valence electrons. The molecule has 4 aromatic carbocycles. The van der Waals surface area contributed by atoms with E-state index in [1.807, 2.05) is 24.3 Å². The van der Waals surface area contributed by atoms with E-state index in [9.17, 15) is 51.1 Å². The average Bonchev–Trinajstić information content (AvgIpc) is 3.67. The standard InChI is InChI=1S/2C21H17F3N4O2.C4H8O2/c2*22-21(23,24)14-1-3-15(4-2-14)26-20(29)27-10-12-7-13(11-27)17-9-19-18(8-16(12)17)25-5-6-28(19)30;1-3-6-4(2)5/h2*1-6,8-9,12-13H,7,10-11H2,(H,26,29);3H2,1-2H3/t2*12-,13+;/m11./s1. The zero-order valence-corrected chi connectivity index (χ0v) is 35.4. The lowest BCUT2D eigenvalue weighted by Crippen LogP contribution is -2.42. The van der Waals surface area contributed by atoms with Crippen LogP contribution >= 0.6 is 0 Å². The summed E-state index contributed by atoms with van der Waals surface area (Å²) in [4.78, 5) is 47.2. The van der Waals surface area contributed by atoms with Gasteiger partial charge in [-0.3, -0.25) is 4.79 Å². The molecular formula is C46H42F6N8O6. The fraction of sp³-hybridized carbons (Fsp3) is 0.326. The number of carbonyl (C=O) groups is 3. The van der Waals surface area contributed by atoms with Crippen molar-refractivity contribution in [2.45, 2.75) is 62.7 Å². The first kappa shape index (κ1) is 45.3. The van der Waals surface area contributed by atoms with Crippen molar-refractivity contribution in [3.05, 3.63) is 141 Å². The summed E-state index contributed by atoms with van der Waals surface area (Å²) in [5.74, 6) is 0.299. The second-order valence-corrected chi connectivity index (χ2v) is 16.4. The molecule has 0 saturated carbocycles. The van der Waals surface area contributed by atoms with Gasteiger partial charge in [0, 0.05) is 80.3 Å². The number of hydrogen-bond donors (Lipinski definition) is 2. The molecule has 10 rings (SSSR count). The predicted molar refractivity (Wildman–Crippen MR) is 228 cm³/mol. The van der Waals surface area contributed by atoms with Crippen LogP contribution in [0, 0.1) is 10.4 Å². The van der Waals surface area contributed by atoms with Crippen LogP contribution in [0.2, 0.25) is 0 Å². The van der Waals surface area contributed by atoms with Crippen LogP contribution in [0.4, 0.5) is 47.3 Å². The van der Waals surface area contributed by atoms with Crippen LogP contribution in [0.15, 0.2) is 97.6 Å². The van der Waals surface area contributed by atoms with Crippen molar-refractivity contribution in [3.63, 3.8) is 0 Å². The second kappa shape index (κ2) is 18.0. The quantitative estimate of drug-likeness (QED) is 0.0770. The number of benzene rings is 4. The molecule has 4 atom stereocenters. The van der Waals surface area contributed by atoms with E-state index in [1.165, 1.54) is 56.0 Å². The van der Waals surface area contributed by atoms with Gasteiger partial charge in [-0.2, -0.15) is 35.8 Å². The van der Waals surface area contributed by atoms with Gasteiger partial charge < -0.3 is 35.6 Å². The number of esters is 1. The number of piperidine rings is 2. The molecule has 4 aliphatic rings. The molecule has 2 N–H and O–H groups in total. The summed E-state index contributed by atoms with van der Waals surface area (Å²) >= 11 is 0. The minimum atomic E-state index is -4.42. The number of likely N-dealkylation sites (tertiary alicyclic amines) is 2. The summed E-state index contributed by atoms with van der Waals surface area (Å²) in [6.07, 6.45) is -1.39. The minimum Gasteiger partial charge on any atom is -0.618 e. The van der Waals surface area contributed by atoms with E-state index in [0.29, 0.717) is 66.2 Å². The van der Waals surface area contributed by atoms with Gasteiger partial charge >= 0.3 is 30.4 Å². The van der Waals surface area contributed by atoms with E-state index in [2.05, 4.69) is 25.3 Å². The molecular weight excluding hydrogens is 875 g/mol. The van der Waals surface area contributed by atoms with Crippen molar-refractivity contribution in [3.8, 4) is 0 Å². The Morgan fingerprint density at radius 2 is 0.985 bits per heavy atom. The monoisotopic (exact) mass is 916 g/mol. The van der Waals surface area contributed by atoms with Crippen LogP contribution in [-0.2, 0) is 21.9 Å². The lowest BCUT2D eigenvalue weighted by Gasteiger charge is -2.32. The Labute approximate surface area is 373 Å². The number of aromatic nitrogens is 4. The third-order valence-electron chi connectivity index (χ3n) is 12.2. The third kappa shape index (κ3) is 9.57. The van der Waals surface area contributed by atoms with E-state index in [4.69, 9.17) is 0 Å². The summed E-state index contributed by atoms with van der Waals surface area (Å²) in [5.41, 5.74) is 5.70. The minimum absolute atomic E-state index is 0.113. The first-order valence-electron chi connectivity index (χ1n) is 21.0. The van der Waals surface area contributed by atoms with E-state index in [0.717, 1.165) is 68.8 Å². The zero-order chi connectivity index (χ0) is 47.1. The maximum absolute atomic E-state index is 12.7. The SMILES string of the molecule is CCOC(C)=O.O=C(Nc1ccc(C(F)(F)F)cc1)N1C[C@H]2C[C@@H](C1)c1cc3c(cc12)ncc[n+]3[O-].O=C(Nc1ccc(C(F)(F)F)cc1)N1C[C@H]2C[C@@H](C1)c1cc3c(cc12)ncc[n+]3[O-]. The number of halogens is 6. The van der Waals surface area contributed by atoms with E-state index >= 15 is 0 Å². The lowest BCUT2D eigenvalue weighted by atomic mass is 9.96. The van der Waals surface area contributed by atoms with Crippen LogP contribution in [0.5, 0.6) is 0 Å². The van der Waals surface area contributed by atoms with E-state index < -0.39 is 23.5 Å². The number of fused-ring (bicyclic) bond motifs is 12. The van der Waals surface area contributed by atoms with E-state index in [-0.39, 0.29) is 41.7 Å². The number of hydrogen-bond acceptors (Lipinski definition) is 8. The fourth-order valence-electron chi connectivity index (χ4n) is 9.23. The molecule has 4 bridgehead atoms. The van der Waals surface area contributed by atoms with Crippen molar-refractivity contribution in [1.82, 2.24) is 19.8 Å². The highest BCUT2D eigenvalue weighted by Gasteiger charge is 2.42. The number of alkyl halides is 6. The van der Waals surface area contributed by atoms with Crippen LogP contribution in [0.1, 0.15) is 83.7 Å². The summed E-state index contributed by atoms with van der Waals surface area (Å²) in [6.45, 7) is 5.64. The van der Waals surface area contributed by atoms with Crippen LogP contribution in [0.25, 0.3) is 22.1 Å². The molecule has 20 heteroatoms. The van der Waals surface area contributed by atoms with E-state index in [1.54, 1.807) is 16.7 Å². The Hall–Kier alpha value is -7.25. The Balaban J connectivity index is 0.000000160. The van der Waals surface area contributed by atoms with Crippen molar-refractivity contribution < 1.29 is 54.9 Å². The topological polar surface area (TPSA) is 171 Å². The average molecular weight is 917 g/mol. The van der Waals surface area contributed by atoms with Gasteiger partial charge in [-0.05, 0) is 103 Å². The maximum Gasteiger partial charge on any atom is 0.416 e. The normalized spacial score (nSPS) is 19.2. The van der Waals surface area contributed by atoms with Gasteiger partial charge in [-0.1, -0.05) is 0 Å². The van der Waals surface area contributed by atoms with Gasteiger partial charge in [0.1, 0.15) is 11.0 Å². The van der Waals surface area contributed by atoms with Crippen LogP contribution in [0.3, 0.4) is 0 Å². The van der Waals surface area contributed by atoms with Crippen molar-refractivity contribution >= 4 is 51.5 Å². The molecule has 2 aromatic heterocycles. The number of nitrogens with one attached hydrogen (secondary N) is 2. The Bertz CT molecular complexity index is 2630. The smallest absolute Gasteiger partial charge is 0.416 e. The Kier molecular flexibility index (Phi) is 12.3. The zero-order valence-electron chi connectivity index (χ0n) is 35.4. The number of urea groups is 2. The number of ether oxygens (including phenoxy) is 1. The third-order valence-corrected chi connectivity index (χ3v) is 12.2. The lowest BCUT2D eigenvalue weighted by molar-refractivity contribution is -0.577. The summed E-state index contributed by atoms with van der Waals surface area (Å²) in [7, 11) is 0. The predicted octanol–water partition coefficient (Wildman–Crippen LogP) is 8.58. The van der Waals surface area contributed by atoms with Crippen LogP contribution in [-0.4, -0.2) is 70.6 Å². The molecule has 14 nitrogen and oxygen atoms in total. The summed E-state index contributed by atoms with van der Waals surface area (Å²) in [5, 5.41) is 29.5. The molecule has 4 heterocycles. The van der Waals surface area contributed by atoms with Crippen LogP contribution < -0.4 is 20.1 Å². The fourth-order valence-corrected chi connectivity index (χ4v) is 9.23. The van der Waals surface area contributed by atoms with Gasteiger partial charge in [0.25, 0.3) is 0 Å².